The molecule has 0 unspecified atom stereocenters. The molecule has 0 bridgehead atoms. The maximum atomic E-state index is 12.6. The van der Waals surface area contributed by atoms with Crippen molar-refractivity contribution < 1.29 is 37.8 Å². The maximum absolute atomic E-state index is 12.6. The van der Waals surface area contributed by atoms with E-state index >= 15 is 0 Å². The van der Waals surface area contributed by atoms with E-state index in [1.165, 1.54) is 41.5 Å². The lowest BCUT2D eigenvalue weighted by atomic mass is 10.1. The van der Waals surface area contributed by atoms with Crippen LogP contribution in [0, 0.1) is 5.92 Å². The predicted octanol–water partition coefficient (Wildman–Crippen LogP) is 3.68. The van der Waals surface area contributed by atoms with E-state index in [4.69, 9.17) is 18.6 Å². The number of furan rings is 1. The van der Waals surface area contributed by atoms with Gasteiger partial charge in [0, 0.05) is 18.5 Å². The molecule has 180 valence electrons. The number of ketones is 1. The van der Waals surface area contributed by atoms with E-state index in [1.54, 1.807) is 24.3 Å². The van der Waals surface area contributed by atoms with Crippen LogP contribution < -0.4 is 14.4 Å². The third kappa shape index (κ3) is 5.57. The number of Topliss-reactive ketones (excluding diaryl/α,β-unsaturated/α-hetero) is 1. The van der Waals surface area contributed by atoms with E-state index < -0.39 is 30.2 Å². The van der Waals surface area contributed by atoms with Gasteiger partial charge in [-0.25, -0.2) is 4.79 Å². The Bertz CT molecular complexity index is 1220. The van der Waals surface area contributed by atoms with Crippen LogP contribution in [0.25, 0.3) is 0 Å². The molecule has 9 heteroatoms. The molecule has 0 saturated carbocycles. The molecular formula is C26H23NO8. The Morgan fingerprint density at radius 3 is 2.51 bits per heavy atom. The summed E-state index contributed by atoms with van der Waals surface area (Å²) >= 11 is 0. The molecule has 1 aliphatic rings. The average molecular weight is 477 g/mol. The number of esters is 2. The molecule has 35 heavy (non-hydrogen) atoms. The molecule has 1 atom stereocenters. The van der Waals surface area contributed by atoms with Crippen molar-refractivity contribution in [3.63, 3.8) is 0 Å². The summed E-state index contributed by atoms with van der Waals surface area (Å²) in [5.74, 6) is -1.76. The first-order valence-electron chi connectivity index (χ1n) is 11.0. The second kappa shape index (κ2) is 10.7. The summed E-state index contributed by atoms with van der Waals surface area (Å²) in [4.78, 5) is 51.0. The Morgan fingerprint density at radius 1 is 1.03 bits per heavy atom. The Morgan fingerprint density at radius 2 is 1.80 bits per heavy atom. The van der Waals surface area contributed by atoms with Crippen LogP contribution in [0.4, 0.5) is 5.69 Å². The summed E-state index contributed by atoms with van der Waals surface area (Å²) in [5.41, 5.74) is 0.879. The number of anilines is 1. The zero-order valence-electron chi connectivity index (χ0n) is 19.0. The van der Waals surface area contributed by atoms with E-state index in [2.05, 4.69) is 0 Å². The number of carbonyl (C=O) groups is 4. The Balaban J connectivity index is 1.30. The van der Waals surface area contributed by atoms with Gasteiger partial charge in [0.1, 0.15) is 11.5 Å². The van der Waals surface area contributed by atoms with Crippen LogP contribution in [0.15, 0.2) is 71.3 Å². The van der Waals surface area contributed by atoms with Crippen LogP contribution in [0.3, 0.4) is 0 Å². The van der Waals surface area contributed by atoms with Gasteiger partial charge in [0.05, 0.1) is 24.5 Å². The Hall–Kier alpha value is -4.40. The van der Waals surface area contributed by atoms with Crippen molar-refractivity contribution in [3.8, 4) is 11.5 Å². The number of hydrogen-bond acceptors (Lipinski definition) is 8. The lowest BCUT2D eigenvalue weighted by Gasteiger charge is -2.19. The first-order chi connectivity index (χ1) is 17.0. The number of benzene rings is 2. The highest BCUT2D eigenvalue weighted by molar-refractivity contribution is 6.01. The monoisotopic (exact) mass is 477 g/mol. The van der Waals surface area contributed by atoms with Gasteiger partial charge in [0.2, 0.25) is 11.7 Å². The molecule has 1 aliphatic heterocycles. The Kier molecular flexibility index (Phi) is 7.25. The molecule has 0 N–H and O–H groups in total. The minimum Gasteiger partial charge on any atom is -0.492 e. The van der Waals surface area contributed by atoms with Crippen LogP contribution >= 0.6 is 0 Å². The fourth-order valence-corrected chi connectivity index (χ4v) is 3.65. The van der Waals surface area contributed by atoms with Gasteiger partial charge in [0.25, 0.3) is 0 Å². The summed E-state index contributed by atoms with van der Waals surface area (Å²) in [7, 11) is 0. The summed E-state index contributed by atoms with van der Waals surface area (Å²) in [5, 5.41) is 0. The van der Waals surface area contributed by atoms with Crippen molar-refractivity contribution in [3.05, 3.63) is 78.3 Å². The standard InChI is InChI=1S/C26H23NO8/c1-2-32-22-7-4-3-6-20(22)27-15-18(14-24(27)29)25(30)34-16-21(28)17-9-11-19(12-10-17)35-26(31)23-8-5-13-33-23/h3-13,18H,2,14-16H2,1H3/t18-/m1/s1. The minimum atomic E-state index is -0.687. The van der Waals surface area contributed by atoms with Gasteiger partial charge in [0.15, 0.2) is 12.4 Å². The number of ether oxygens (including phenoxy) is 3. The van der Waals surface area contributed by atoms with Gasteiger partial charge in [-0.15, -0.1) is 0 Å². The number of para-hydroxylation sites is 2. The minimum absolute atomic E-state index is 0.0107. The summed E-state index contributed by atoms with van der Waals surface area (Å²) < 4.78 is 20.9. The highest BCUT2D eigenvalue weighted by Gasteiger charge is 2.37. The first kappa shape index (κ1) is 23.7. The first-order valence-corrected chi connectivity index (χ1v) is 11.0. The fourth-order valence-electron chi connectivity index (χ4n) is 3.65. The molecule has 1 aromatic heterocycles. The number of nitrogens with zero attached hydrogens (tertiary/aromatic N) is 1. The topological polar surface area (TPSA) is 112 Å². The highest BCUT2D eigenvalue weighted by atomic mass is 16.5. The van der Waals surface area contributed by atoms with Gasteiger partial charge in [-0.05, 0) is 55.5 Å². The largest absolute Gasteiger partial charge is 0.492 e. The van der Waals surface area contributed by atoms with Crippen LogP contribution in [-0.2, 0) is 14.3 Å². The average Bonchev–Trinajstić information content (AvgIpc) is 3.54. The smallest absolute Gasteiger partial charge is 0.379 e. The summed E-state index contributed by atoms with van der Waals surface area (Å²) in [6.07, 6.45) is 1.35. The molecule has 4 rings (SSSR count). The zero-order valence-corrected chi connectivity index (χ0v) is 19.0. The van der Waals surface area contributed by atoms with E-state index in [0.29, 0.717) is 18.0 Å². The highest BCUT2D eigenvalue weighted by Crippen LogP contribution is 2.33. The summed E-state index contributed by atoms with van der Waals surface area (Å²) in [6, 6.07) is 16.0. The molecule has 2 heterocycles. The molecule has 2 aromatic carbocycles. The molecule has 1 saturated heterocycles. The maximum Gasteiger partial charge on any atom is 0.379 e. The van der Waals surface area contributed by atoms with Crippen LogP contribution in [0.2, 0.25) is 0 Å². The van der Waals surface area contributed by atoms with Gasteiger partial charge < -0.3 is 23.5 Å². The van der Waals surface area contributed by atoms with Crippen molar-refractivity contribution in [2.75, 3.05) is 24.7 Å². The lowest BCUT2D eigenvalue weighted by molar-refractivity contribution is -0.147. The van der Waals surface area contributed by atoms with Gasteiger partial charge >= 0.3 is 11.9 Å². The molecule has 0 radical (unpaired) electrons. The van der Waals surface area contributed by atoms with Crippen molar-refractivity contribution in [2.45, 2.75) is 13.3 Å². The van der Waals surface area contributed by atoms with E-state index in [-0.39, 0.29) is 35.9 Å². The van der Waals surface area contributed by atoms with Gasteiger partial charge in [-0.2, -0.15) is 0 Å². The SMILES string of the molecule is CCOc1ccccc1N1C[C@H](C(=O)OCC(=O)c2ccc(OC(=O)c3ccco3)cc2)CC1=O. The molecule has 0 spiro atoms. The number of rotatable bonds is 9. The fraction of sp³-hybridized carbons (Fsp3) is 0.231. The van der Waals surface area contributed by atoms with E-state index in [9.17, 15) is 19.2 Å². The molecule has 1 amide bonds. The van der Waals surface area contributed by atoms with Crippen molar-refractivity contribution in [2.24, 2.45) is 5.92 Å². The third-order valence-corrected chi connectivity index (χ3v) is 5.37. The van der Waals surface area contributed by atoms with E-state index in [0.717, 1.165) is 0 Å². The molecule has 0 aliphatic carbocycles. The molecular weight excluding hydrogens is 454 g/mol. The van der Waals surface area contributed by atoms with Crippen LogP contribution in [0.5, 0.6) is 11.5 Å². The van der Waals surface area contributed by atoms with Gasteiger partial charge in [-0.3, -0.25) is 14.4 Å². The van der Waals surface area contributed by atoms with Crippen LogP contribution in [-0.4, -0.2) is 43.4 Å². The third-order valence-electron chi connectivity index (χ3n) is 5.37. The van der Waals surface area contributed by atoms with Crippen molar-refractivity contribution >= 4 is 29.3 Å². The molecule has 1 fully saturated rings. The molecule has 3 aromatic rings. The Labute approximate surface area is 201 Å². The van der Waals surface area contributed by atoms with Crippen LogP contribution in [0.1, 0.15) is 34.3 Å². The van der Waals surface area contributed by atoms with Gasteiger partial charge in [-0.1, -0.05) is 12.1 Å². The van der Waals surface area contributed by atoms with Crippen molar-refractivity contribution in [1.29, 1.82) is 0 Å². The number of amides is 1. The predicted molar refractivity (Wildman–Crippen MR) is 123 cm³/mol. The second-order valence-corrected chi connectivity index (χ2v) is 7.73. The van der Waals surface area contributed by atoms with E-state index in [1.807, 2.05) is 13.0 Å². The number of carbonyl (C=O) groups excluding carboxylic acids is 4. The summed E-state index contributed by atoms with van der Waals surface area (Å²) in [6.45, 7) is 1.97. The quantitative estimate of drug-likeness (QED) is 0.261. The lowest BCUT2D eigenvalue weighted by Crippen LogP contribution is -2.27. The zero-order chi connectivity index (χ0) is 24.8. The van der Waals surface area contributed by atoms with Crippen molar-refractivity contribution in [1.82, 2.24) is 0 Å². The number of hydrogen-bond donors (Lipinski definition) is 0. The normalized spacial score (nSPS) is 15.1. The second-order valence-electron chi connectivity index (χ2n) is 7.73. The molecule has 9 nitrogen and oxygen atoms in total.